The van der Waals surface area contributed by atoms with Crippen LogP contribution in [0.1, 0.15) is 21.5 Å². The number of carboxylic acids is 1. The second-order valence-electron chi connectivity index (χ2n) is 8.82. The summed E-state index contributed by atoms with van der Waals surface area (Å²) in [5.74, 6) is -0.505. The quantitative estimate of drug-likeness (QED) is 0.208. The molecule has 1 aliphatic rings. The number of ether oxygens (including phenoxy) is 1. The molecule has 39 heavy (non-hydrogen) atoms. The first kappa shape index (κ1) is 26.6. The number of aromatic carboxylic acids is 1. The van der Waals surface area contributed by atoms with Crippen molar-refractivity contribution in [3.8, 4) is 16.9 Å². The van der Waals surface area contributed by atoms with Crippen LogP contribution in [0.25, 0.3) is 28.1 Å². The second-order valence-corrected chi connectivity index (χ2v) is 10.5. The number of thioether (sulfide) groups is 1. The van der Waals surface area contributed by atoms with Crippen molar-refractivity contribution in [2.24, 2.45) is 0 Å². The van der Waals surface area contributed by atoms with E-state index >= 15 is 0 Å². The Labute approximate surface area is 234 Å². The minimum absolute atomic E-state index is 0.102. The molecule has 1 saturated heterocycles. The largest absolute Gasteiger partial charge is 0.491 e. The van der Waals surface area contributed by atoms with Crippen molar-refractivity contribution in [3.63, 3.8) is 0 Å². The van der Waals surface area contributed by atoms with E-state index in [9.17, 15) is 14.7 Å². The fraction of sp³-hybridized carbons (Fsp3) is 0.133. The third-order valence-electron chi connectivity index (χ3n) is 6.26. The summed E-state index contributed by atoms with van der Waals surface area (Å²) in [6, 6.07) is 22.1. The summed E-state index contributed by atoms with van der Waals surface area (Å²) < 4.78 is 6.29. The molecule has 0 bridgehead atoms. The van der Waals surface area contributed by atoms with Gasteiger partial charge in [-0.05, 0) is 71.7 Å². The molecule has 1 fully saturated rings. The smallest absolute Gasteiger partial charge is 0.335 e. The maximum Gasteiger partial charge on any atom is 0.335 e. The maximum atomic E-state index is 13.2. The van der Waals surface area contributed by atoms with Gasteiger partial charge in [0.15, 0.2) is 0 Å². The van der Waals surface area contributed by atoms with Crippen LogP contribution in [0.5, 0.6) is 5.75 Å². The molecular formula is C30H24N2O5S2. The number of aliphatic hydroxyl groups excluding tert-OH is 1. The van der Waals surface area contributed by atoms with Crippen LogP contribution in [0.4, 0.5) is 0 Å². The van der Waals surface area contributed by atoms with Crippen molar-refractivity contribution in [1.82, 2.24) is 9.88 Å². The number of amides is 1. The predicted octanol–water partition coefficient (Wildman–Crippen LogP) is 5.42. The summed E-state index contributed by atoms with van der Waals surface area (Å²) in [7, 11) is 0. The highest BCUT2D eigenvalue weighted by Crippen LogP contribution is 2.36. The number of carbonyl (C=O) groups is 2. The lowest BCUT2D eigenvalue weighted by molar-refractivity contribution is -0.122. The van der Waals surface area contributed by atoms with Crippen LogP contribution < -0.4 is 4.74 Å². The number of hydrogen-bond acceptors (Lipinski definition) is 7. The number of carboxylic acid groups (broad SMARTS) is 1. The van der Waals surface area contributed by atoms with Gasteiger partial charge in [-0.2, -0.15) is 0 Å². The fourth-order valence-corrected chi connectivity index (χ4v) is 5.60. The number of thiocarbonyl (C=S) groups is 1. The zero-order valence-corrected chi connectivity index (χ0v) is 22.4. The summed E-state index contributed by atoms with van der Waals surface area (Å²) in [6.45, 7) is 0.465. The number of rotatable bonds is 9. The van der Waals surface area contributed by atoms with Crippen LogP contribution in [0.15, 0.2) is 83.9 Å². The summed E-state index contributed by atoms with van der Waals surface area (Å²) >= 11 is 6.76. The van der Waals surface area contributed by atoms with Gasteiger partial charge in [0.2, 0.25) is 0 Å². The number of nitrogens with zero attached hydrogens (tertiary/aromatic N) is 2. The molecule has 7 nitrogen and oxygen atoms in total. The minimum atomic E-state index is -0.975. The van der Waals surface area contributed by atoms with E-state index in [2.05, 4.69) is 4.98 Å². The molecule has 4 aromatic rings. The molecule has 0 saturated carbocycles. The summed E-state index contributed by atoms with van der Waals surface area (Å²) in [6.07, 6.45) is 4.13. The number of fused-ring (bicyclic) bond motifs is 1. The molecule has 0 atom stereocenters. The number of pyridine rings is 1. The molecule has 0 aliphatic carbocycles. The SMILES string of the molecule is O=C(O)c1ccc(CCN2C(=O)C(=Cc3ccc(OCCO)c(-c4ccc5ncccc5c4)c3)SC2=S)cc1. The lowest BCUT2D eigenvalue weighted by Crippen LogP contribution is -2.30. The van der Waals surface area contributed by atoms with Gasteiger partial charge in [0.05, 0.1) is 22.6 Å². The molecule has 1 amide bonds. The van der Waals surface area contributed by atoms with Crippen LogP contribution in [-0.4, -0.2) is 56.1 Å². The molecule has 9 heteroatoms. The van der Waals surface area contributed by atoms with E-state index in [0.717, 1.165) is 33.2 Å². The lowest BCUT2D eigenvalue weighted by Gasteiger charge is -2.14. The van der Waals surface area contributed by atoms with Crippen molar-refractivity contribution in [3.05, 3.63) is 101 Å². The molecule has 2 heterocycles. The third-order valence-corrected chi connectivity index (χ3v) is 7.64. The first-order valence-electron chi connectivity index (χ1n) is 12.2. The molecular weight excluding hydrogens is 532 g/mol. The Morgan fingerprint density at radius 2 is 1.90 bits per heavy atom. The maximum absolute atomic E-state index is 13.2. The summed E-state index contributed by atoms with van der Waals surface area (Å²) in [5.41, 5.74) is 4.61. The molecule has 1 aliphatic heterocycles. The number of benzene rings is 3. The highest BCUT2D eigenvalue weighted by atomic mass is 32.2. The fourth-order valence-electron chi connectivity index (χ4n) is 4.29. The van der Waals surface area contributed by atoms with E-state index in [1.807, 2.05) is 54.6 Å². The Hall–Kier alpha value is -4.05. The molecule has 1 aromatic heterocycles. The Balaban J connectivity index is 1.38. The average Bonchev–Trinajstić information content (AvgIpc) is 3.22. The Bertz CT molecular complexity index is 1600. The Morgan fingerprint density at radius 3 is 2.67 bits per heavy atom. The van der Waals surface area contributed by atoms with Gasteiger partial charge in [-0.3, -0.25) is 14.7 Å². The predicted molar refractivity (Wildman–Crippen MR) is 157 cm³/mol. The van der Waals surface area contributed by atoms with Crippen LogP contribution in [0.3, 0.4) is 0 Å². The van der Waals surface area contributed by atoms with Gasteiger partial charge in [0, 0.05) is 23.7 Å². The molecule has 3 aromatic carbocycles. The van der Waals surface area contributed by atoms with Crippen LogP contribution in [0.2, 0.25) is 0 Å². The standard InChI is InChI=1S/C30H24N2O5S2/c33-14-15-37-26-10-5-20(16-24(26)22-8-9-25-23(18-22)2-1-12-31-25)17-27-28(34)32(30(38)39-27)13-11-19-3-6-21(7-4-19)29(35)36/h1-10,12,16-18,33H,11,13-15H2,(H,35,36). The monoisotopic (exact) mass is 556 g/mol. The second kappa shape index (κ2) is 11.8. The highest BCUT2D eigenvalue weighted by Gasteiger charge is 2.31. The van der Waals surface area contributed by atoms with Gasteiger partial charge in [-0.1, -0.05) is 54.3 Å². The van der Waals surface area contributed by atoms with E-state index in [-0.39, 0.29) is 24.7 Å². The van der Waals surface area contributed by atoms with E-state index in [1.165, 1.54) is 11.8 Å². The lowest BCUT2D eigenvalue weighted by atomic mass is 9.99. The van der Waals surface area contributed by atoms with Gasteiger partial charge >= 0.3 is 5.97 Å². The van der Waals surface area contributed by atoms with Crippen molar-refractivity contribution < 1.29 is 24.5 Å². The molecule has 2 N–H and O–H groups in total. The zero-order chi connectivity index (χ0) is 27.4. The zero-order valence-electron chi connectivity index (χ0n) is 20.7. The van der Waals surface area contributed by atoms with Gasteiger partial charge in [-0.15, -0.1) is 0 Å². The van der Waals surface area contributed by atoms with Gasteiger partial charge in [0.25, 0.3) is 5.91 Å². The third kappa shape index (κ3) is 6.01. The highest BCUT2D eigenvalue weighted by molar-refractivity contribution is 8.26. The average molecular weight is 557 g/mol. The minimum Gasteiger partial charge on any atom is -0.491 e. The summed E-state index contributed by atoms with van der Waals surface area (Å²) in [4.78, 5) is 30.8. The van der Waals surface area contributed by atoms with E-state index in [0.29, 0.717) is 27.9 Å². The molecule has 196 valence electrons. The van der Waals surface area contributed by atoms with Crippen LogP contribution in [-0.2, 0) is 11.2 Å². The number of aliphatic hydroxyl groups is 1. The molecule has 5 rings (SSSR count). The Morgan fingerprint density at radius 1 is 1.08 bits per heavy atom. The normalized spacial score (nSPS) is 14.4. The van der Waals surface area contributed by atoms with Crippen molar-refractivity contribution in [2.45, 2.75) is 6.42 Å². The molecule has 0 spiro atoms. The van der Waals surface area contributed by atoms with Crippen molar-refractivity contribution in [2.75, 3.05) is 19.8 Å². The summed E-state index contributed by atoms with van der Waals surface area (Å²) in [5, 5.41) is 19.3. The number of carbonyl (C=O) groups excluding carboxylic acids is 1. The first-order chi connectivity index (χ1) is 18.9. The van der Waals surface area contributed by atoms with Gasteiger partial charge < -0.3 is 14.9 Å². The molecule has 0 radical (unpaired) electrons. The van der Waals surface area contributed by atoms with Crippen LogP contribution >= 0.6 is 24.0 Å². The van der Waals surface area contributed by atoms with Gasteiger partial charge in [-0.25, -0.2) is 4.79 Å². The van der Waals surface area contributed by atoms with E-state index < -0.39 is 5.97 Å². The van der Waals surface area contributed by atoms with Crippen molar-refractivity contribution >= 4 is 57.2 Å². The number of aromatic nitrogens is 1. The Kier molecular flexibility index (Phi) is 8.02. The van der Waals surface area contributed by atoms with E-state index in [4.69, 9.17) is 22.1 Å². The van der Waals surface area contributed by atoms with Gasteiger partial charge in [0.1, 0.15) is 16.7 Å². The van der Waals surface area contributed by atoms with Crippen LogP contribution in [0, 0.1) is 0 Å². The van der Waals surface area contributed by atoms with E-state index in [1.54, 1.807) is 35.4 Å². The molecule has 0 unspecified atom stereocenters. The first-order valence-corrected chi connectivity index (χ1v) is 13.5. The number of hydrogen-bond donors (Lipinski definition) is 2. The topological polar surface area (TPSA) is 100.0 Å². The van der Waals surface area contributed by atoms with Crippen molar-refractivity contribution in [1.29, 1.82) is 0 Å².